The highest BCUT2D eigenvalue weighted by Gasteiger charge is 2.28. The molecule has 142 heavy (non-hydrogen) atoms. The number of rotatable bonds is 28. The van der Waals surface area contributed by atoms with Crippen LogP contribution < -0.4 is 62.8 Å². The van der Waals surface area contributed by atoms with Gasteiger partial charge in [0, 0.05) is 224 Å². The Kier molecular flexibility index (Phi) is 32.1. The van der Waals surface area contributed by atoms with Crippen LogP contribution >= 0.6 is 0 Å². The maximum atomic E-state index is 10.9. The minimum atomic E-state index is -0.913. The van der Waals surface area contributed by atoms with Crippen molar-refractivity contribution in [1.82, 2.24) is 94.3 Å². The Hall–Kier alpha value is -16.4. The molecule has 0 unspecified atom stereocenters. The topological polar surface area (TPSA) is 339 Å². The van der Waals surface area contributed by atoms with E-state index in [4.69, 9.17) is 62.8 Å². The summed E-state index contributed by atoms with van der Waals surface area (Å²) in [5, 5.41) is 41.7. The molecule has 33 heteroatoms. The number of methoxy groups -OCH3 is 8. The van der Waals surface area contributed by atoms with Crippen LogP contribution in [0.15, 0.2) is 201 Å². The molecule has 730 valence electrons. The first kappa shape index (κ1) is 100. The van der Waals surface area contributed by atoms with Crippen LogP contribution in [0.25, 0.3) is 89.2 Å². The zero-order valence-corrected chi connectivity index (χ0v) is 83.9. The van der Waals surface area contributed by atoms with Gasteiger partial charge in [0.2, 0.25) is 0 Å². The highest BCUT2D eigenvalue weighted by molar-refractivity contribution is 5.88. The molecule has 1 fully saturated rings. The van der Waals surface area contributed by atoms with Gasteiger partial charge in [-0.05, 0) is 152 Å². The van der Waals surface area contributed by atoms with Gasteiger partial charge in [0.1, 0.15) is 63.1 Å². The van der Waals surface area contributed by atoms with E-state index in [2.05, 4.69) is 122 Å². The number of aryl methyl sites for hydroxylation is 8. The Morgan fingerprint density at radius 2 is 0.732 bits per heavy atom. The second kappa shape index (κ2) is 45.5. The average molecular weight is 1910 g/mol. The summed E-state index contributed by atoms with van der Waals surface area (Å²) >= 11 is 0. The van der Waals surface area contributed by atoms with Crippen LogP contribution in [0.5, 0.6) is 46.0 Å². The van der Waals surface area contributed by atoms with Gasteiger partial charge in [0.15, 0.2) is 0 Å². The number of anilines is 8. The summed E-state index contributed by atoms with van der Waals surface area (Å²) in [6.45, 7) is 18.9. The molecule has 1 saturated carbocycles. The first-order valence-electron chi connectivity index (χ1n) is 46.6. The van der Waals surface area contributed by atoms with Crippen molar-refractivity contribution in [2.45, 2.75) is 99.1 Å². The van der Waals surface area contributed by atoms with E-state index in [-0.39, 0.29) is 6.61 Å². The van der Waals surface area contributed by atoms with Gasteiger partial charge in [0.25, 0.3) is 0 Å². The van der Waals surface area contributed by atoms with Crippen molar-refractivity contribution in [3.63, 3.8) is 0 Å². The number of nitrogens with zero attached hydrogens (tertiary/aromatic N) is 22. The number of ether oxygens (including phenoxy) is 8. The summed E-state index contributed by atoms with van der Waals surface area (Å²) in [5.41, 5.74) is 25.2. The summed E-state index contributed by atoms with van der Waals surface area (Å²) < 4.78 is 51.2. The number of aliphatic hydroxyl groups is 2. The van der Waals surface area contributed by atoms with E-state index in [0.29, 0.717) is 71.7 Å². The Balaban J connectivity index is 0.000000143. The summed E-state index contributed by atoms with van der Waals surface area (Å²) in [4.78, 5) is 55.3. The normalized spacial score (nSPS) is 11.9. The smallest absolute Gasteiger partial charge is 0.126 e. The van der Waals surface area contributed by atoms with Gasteiger partial charge in [-0.15, -0.1) is 0 Å². The SMILES string of the molecule is COc1cc(OC)cc(N(CC#CC2(O)CCCCC2)c2ccc3ncc(-c4cnn(C)c4)nc3c2)c1.COc1cc(OC)cc(N(CC#Cc2cc(C)nc(C)n2)c2ccc3ncc(-c4cnn(C)c4)nc3c2)c1.COc1cc(OC)cc(N(CCNC(C)C)c2ccc3ncc(-c4c(C)nn(C)c4C)nc3c2)c1.COc1cc(OC)cc(N(CCO)c2ccc3ncc(-c4c(C)nn(C)c4C)nc3c2)c1. The number of hydrogen-bond acceptors (Lipinski definition) is 29. The molecule has 0 bridgehead atoms. The molecule has 33 nitrogen and oxygen atoms in total. The molecule has 0 atom stereocenters. The van der Waals surface area contributed by atoms with E-state index >= 15 is 0 Å². The van der Waals surface area contributed by atoms with Gasteiger partial charge >= 0.3 is 0 Å². The van der Waals surface area contributed by atoms with E-state index in [9.17, 15) is 10.2 Å². The molecule has 3 N–H and O–H groups in total. The van der Waals surface area contributed by atoms with Gasteiger partial charge in [-0.1, -0.05) is 38.0 Å². The highest BCUT2D eigenvalue weighted by Crippen LogP contribution is 2.41. The molecule has 1 aliphatic carbocycles. The number of benzene rings is 8. The lowest BCUT2D eigenvalue weighted by Gasteiger charge is -2.27. The summed E-state index contributed by atoms with van der Waals surface area (Å²) in [5.74, 6) is 19.1. The van der Waals surface area contributed by atoms with Crippen molar-refractivity contribution in [1.29, 1.82) is 0 Å². The molecular weight excluding hydrogens is 1790 g/mol. The minimum Gasteiger partial charge on any atom is -0.497 e. The van der Waals surface area contributed by atoms with Crippen molar-refractivity contribution in [3.8, 4) is 115 Å². The van der Waals surface area contributed by atoms with Gasteiger partial charge in [-0.25, -0.2) is 29.9 Å². The zero-order chi connectivity index (χ0) is 100. The first-order chi connectivity index (χ1) is 68.6. The molecule has 9 aromatic heterocycles. The number of nitrogens with one attached hydrogen (secondary N) is 1. The van der Waals surface area contributed by atoms with Crippen LogP contribution in [0.4, 0.5) is 45.5 Å². The molecule has 17 aromatic rings. The van der Waals surface area contributed by atoms with Gasteiger partial charge in [-0.2, -0.15) is 20.4 Å². The maximum absolute atomic E-state index is 10.9. The fraction of sp³-hybridized carbons (Fsp3) is 0.303. The largest absolute Gasteiger partial charge is 0.497 e. The third-order valence-corrected chi connectivity index (χ3v) is 24.3. The average Bonchev–Trinajstić information content (AvgIpc) is 1.49. The highest BCUT2D eigenvalue weighted by atomic mass is 16.5. The monoisotopic (exact) mass is 1910 g/mol. The van der Waals surface area contributed by atoms with Crippen molar-refractivity contribution in [2.75, 3.05) is 116 Å². The second-order valence-corrected chi connectivity index (χ2v) is 34.6. The lowest BCUT2D eigenvalue weighted by atomic mass is 9.85. The van der Waals surface area contributed by atoms with Crippen LogP contribution in [0, 0.1) is 65.2 Å². The molecule has 8 aromatic carbocycles. The number of hydrogen-bond donors (Lipinski definition) is 3. The number of aliphatic hydroxyl groups excluding tert-OH is 1. The van der Waals surface area contributed by atoms with Crippen molar-refractivity contribution >= 4 is 89.6 Å². The van der Waals surface area contributed by atoms with Crippen LogP contribution in [0.1, 0.15) is 85.9 Å². The van der Waals surface area contributed by atoms with E-state index in [1.54, 1.807) is 97.2 Å². The Morgan fingerprint density at radius 1 is 0.387 bits per heavy atom. The standard InChI is InChI=1S/C29H27N7O2.C29H31N5O3.C27H34N6O2.C24H27N5O3/c1-19-11-22(33-20(2)32-19)7-6-10-36(24-12-25(37-4)15-26(13-24)38-5)23-8-9-27-28(14-23)34-29(17-30-27)21-16-31-35(3)18-21;1-33-20-21(18-31-33)28-19-30-26-9-8-22(16-27(26)32-28)34(13-7-12-29(35)10-5-4-6-11-29)23-14-24(36-2)17-25(15-23)37-3;1-17(2)28-10-11-33(21-12-22(34-6)15-23(13-21)35-7)20-8-9-24-25(14-20)30-26(16-29-24)27-18(3)31-32(5)19(27)4;1-15-24(16(2)28(3)27-15)23-14-25-21-7-6-17(12-22(21)26-23)29(8-9-30)18-10-19(31-4)13-20(11-18)32-5/h8-9,11-18H,10H2,1-5H3;8-9,14-20,35H,4-6,10-11,13H2,1-3H3;8-9,12-17,28H,10-11H2,1-7H3;6-7,10-14,30H,8-9H2,1-5H3. The van der Waals surface area contributed by atoms with Crippen molar-refractivity contribution < 1.29 is 48.1 Å². The summed E-state index contributed by atoms with van der Waals surface area (Å²) in [7, 11) is 20.7. The molecule has 18 rings (SSSR count). The van der Waals surface area contributed by atoms with Crippen LogP contribution in [0.2, 0.25) is 0 Å². The predicted octanol–water partition coefficient (Wildman–Crippen LogP) is 18.1. The summed E-state index contributed by atoms with van der Waals surface area (Å²) in [6, 6.07) is 49.3. The van der Waals surface area contributed by atoms with Crippen LogP contribution in [-0.2, 0) is 28.2 Å². The molecule has 0 spiro atoms. The second-order valence-electron chi connectivity index (χ2n) is 34.6. The molecule has 0 saturated heterocycles. The molecule has 9 heterocycles. The van der Waals surface area contributed by atoms with Crippen molar-refractivity contribution in [3.05, 3.63) is 241 Å². The van der Waals surface area contributed by atoms with Gasteiger partial charge < -0.3 is 73.0 Å². The lowest BCUT2D eigenvalue weighted by molar-refractivity contribution is 0.0609. The Morgan fingerprint density at radius 3 is 1.06 bits per heavy atom. The van der Waals surface area contributed by atoms with Crippen LogP contribution in [-0.4, -0.2) is 207 Å². The maximum Gasteiger partial charge on any atom is 0.126 e. The number of fused-ring (bicyclic) bond motifs is 4. The molecule has 1 aliphatic rings. The van der Waals surface area contributed by atoms with E-state index in [1.165, 1.54) is 0 Å². The summed E-state index contributed by atoms with van der Waals surface area (Å²) in [6.07, 6.45) is 19.1. The van der Waals surface area contributed by atoms with E-state index in [0.717, 1.165) is 220 Å². The third kappa shape index (κ3) is 24.1. The number of aromatic nitrogens is 18. The molecule has 0 radical (unpaired) electrons. The van der Waals surface area contributed by atoms with E-state index < -0.39 is 5.60 Å². The van der Waals surface area contributed by atoms with Crippen molar-refractivity contribution in [2.24, 2.45) is 28.2 Å². The predicted molar refractivity (Wildman–Crippen MR) is 557 cm³/mol. The third-order valence-electron chi connectivity index (χ3n) is 24.3. The quantitative estimate of drug-likeness (QED) is 0.0383. The fourth-order valence-corrected chi connectivity index (χ4v) is 17.0. The lowest BCUT2D eigenvalue weighted by Crippen LogP contribution is -2.32. The van der Waals surface area contributed by atoms with Gasteiger partial charge in [0.05, 0.1) is 192 Å². The van der Waals surface area contributed by atoms with Gasteiger partial charge in [-0.3, -0.25) is 38.7 Å². The Bertz CT molecular complexity index is 7380. The van der Waals surface area contributed by atoms with Crippen LogP contribution in [0.3, 0.4) is 0 Å². The Labute approximate surface area is 826 Å². The fourth-order valence-electron chi connectivity index (χ4n) is 17.0. The first-order valence-corrected chi connectivity index (χ1v) is 46.6. The molecular formula is C109H119N23O10. The molecule has 0 amide bonds. The minimum absolute atomic E-state index is 0.0165. The zero-order valence-electron chi connectivity index (χ0n) is 83.9. The molecule has 0 aliphatic heterocycles. The van der Waals surface area contributed by atoms with E-state index in [1.807, 2.05) is 235 Å².